The van der Waals surface area contributed by atoms with E-state index in [1.165, 1.54) is 0 Å². The van der Waals surface area contributed by atoms with E-state index in [0.717, 1.165) is 31.2 Å². The second kappa shape index (κ2) is 8.32. The van der Waals surface area contributed by atoms with Gasteiger partial charge in [0.25, 0.3) is 0 Å². The van der Waals surface area contributed by atoms with Crippen LogP contribution in [0.4, 0.5) is 0 Å². The first-order valence-electron chi connectivity index (χ1n) is 8.31. The minimum Gasteiger partial charge on any atom is -0.481 e. The highest BCUT2D eigenvalue weighted by atomic mass is 16.5. The van der Waals surface area contributed by atoms with Crippen LogP contribution in [0.25, 0.3) is 0 Å². The van der Waals surface area contributed by atoms with E-state index in [2.05, 4.69) is 25.2 Å². The Bertz CT molecular complexity index is 708. The molecule has 0 aliphatic carbocycles. The lowest BCUT2D eigenvalue weighted by Gasteiger charge is -2.21. The molecular formula is C18H23N5O2. The normalized spacial score (nSPS) is 17.4. The molecule has 0 saturated carbocycles. The maximum atomic E-state index is 5.93. The molecule has 1 fully saturated rings. The molecule has 7 nitrogen and oxygen atoms in total. The van der Waals surface area contributed by atoms with E-state index < -0.39 is 0 Å². The van der Waals surface area contributed by atoms with Crippen LogP contribution in [0.3, 0.4) is 0 Å². The van der Waals surface area contributed by atoms with Crippen molar-refractivity contribution in [2.45, 2.75) is 19.1 Å². The minimum absolute atomic E-state index is 0.114. The molecule has 1 saturated heterocycles. The zero-order valence-electron chi connectivity index (χ0n) is 14.6. The standard InChI is InChI=1S/C18H23N5O2/c1-19-18(21-12-14-6-5-8-17(22-14)24-2)23-11-9-15(13-23)25-16-7-3-4-10-20-16/h3-8,10,15H,9,11-13H2,1-2H3,(H,19,21). The van der Waals surface area contributed by atoms with Gasteiger partial charge in [-0.25, -0.2) is 9.97 Å². The lowest BCUT2D eigenvalue weighted by molar-refractivity contribution is 0.205. The topological polar surface area (TPSA) is 71.9 Å². The van der Waals surface area contributed by atoms with E-state index in [-0.39, 0.29) is 6.10 Å². The number of ether oxygens (including phenoxy) is 2. The Morgan fingerprint density at radius 2 is 2.16 bits per heavy atom. The molecule has 25 heavy (non-hydrogen) atoms. The van der Waals surface area contributed by atoms with E-state index in [1.54, 1.807) is 20.4 Å². The molecule has 0 aromatic carbocycles. The quantitative estimate of drug-likeness (QED) is 0.659. The fraction of sp³-hybridized carbons (Fsp3) is 0.389. The highest BCUT2D eigenvalue weighted by Gasteiger charge is 2.26. The number of aliphatic imine (C=N–C) groups is 1. The summed E-state index contributed by atoms with van der Waals surface area (Å²) >= 11 is 0. The number of guanidine groups is 1. The van der Waals surface area contributed by atoms with Gasteiger partial charge in [-0.15, -0.1) is 0 Å². The summed E-state index contributed by atoms with van der Waals surface area (Å²) in [5.41, 5.74) is 0.904. The molecule has 1 aliphatic rings. The summed E-state index contributed by atoms with van der Waals surface area (Å²) in [5.74, 6) is 2.12. The number of hydrogen-bond acceptors (Lipinski definition) is 5. The third kappa shape index (κ3) is 4.59. The van der Waals surface area contributed by atoms with Crippen LogP contribution in [0.15, 0.2) is 47.6 Å². The third-order valence-corrected chi connectivity index (χ3v) is 4.00. The van der Waals surface area contributed by atoms with Crippen molar-refractivity contribution in [3.05, 3.63) is 48.3 Å². The number of likely N-dealkylation sites (tertiary alicyclic amines) is 1. The van der Waals surface area contributed by atoms with Crippen molar-refractivity contribution in [1.29, 1.82) is 0 Å². The minimum atomic E-state index is 0.114. The van der Waals surface area contributed by atoms with Crippen LogP contribution in [-0.4, -0.2) is 54.2 Å². The number of nitrogens with zero attached hydrogens (tertiary/aromatic N) is 4. The molecule has 0 bridgehead atoms. The molecule has 0 radical (unpaired) electrons. The Hall–Kier alpha value is -2.83. The maximum absolute atomic E-state index is 5.93. The molecule has 2 aromatic rings. The summed E-state index contributed by atoms with van der Waals surface area (Å²) in [6, 6.07) is 11.4. The molecule has 1 N–H and O–H groups in total. The van der Waals surface area contributed by atoms with Crippen molar-refractivity contribution in [1.82, 2.24) is 20.2 Å². The fourth-order valence-corrected chi connectivity index (χ4v) is 2.78. The van der Waals surface area contributed by atoms with Crippen molar-refractivity contribution >= 4 is 5.96 Å². The molecule has 1 unspecified atom stereocenters. The van der Waals surface area contributed by atoms with E-state index >= 15 is 0 Å². The van der Waals surface area contributed by atoms with Gasteiger partial charge in [0.2, 0.25) is 11.8 Å². The van der Waals surface area contributed by atoms with E-state index in [4.69, 9.17) is 9.47 Å². The van der Waals surface area contributed by atoms with Crippen LogP contribution < -0.4 is 14.8 Å². The predicted molar refractivity (Wildman–Crippen MR) is 95.8 cm³/mol. The van der Waals surface area contributed by atoms with E-state index in [9.17, 15) is 0 Å². The molecule has 3 heterocycles. The van der Waals surface area contributed by atoms with Gasteiger partial charge in [0.05, 0.1) is 25.9 Å². The molecule has 2 aromatic heterocycles. The summed E-state index contributed by atoms with van der Waals surface area (Å²) in [6.45, 7) is 2.26. The summed E-state index contributed by atoms with van der Waals surface area (Å²) in [4.78, 5) is 15.2. The van der Waals surface area contributed by atoms with Crippen LogP contribution in [0.1, 0.15) is 12.1 Å². The van der Waals surface area contributed by atoms with E-state index in [1.807, 2.05) is 36.4 Å². The smallest absolute Gasteiger partial charge is 0.213 e. The molecule has 0 amide bonds. The number of pyridine rings is 2. The third-order valence-electron chi connectivity index (χ3n) is 4.00. The van der Waals surface area contributed by atoms with Crippen molar-refractivity contribution in [2.24, 2.45) is 4.99 Å². The van der Waals surface area contributed by atoms with Crippen molar-refractivity contribution in [3.63, 3.8) is 0 Å². The van der Waals surface area contributed by atoms with Crippen LogP contribution in [0.5, 0.6) is 11.8 Å². The zero-order valence-corrected chi connectivity index (χ0v) is 14.6. The summed E-state index contributed by atoms with van der Waals surface area (Å²) in [7, 11) is 3.40. The van der Waals surface area contributed by atoms with Crippen molar-refractivity contribution in [2.75, 3.05) is 27.2 Å². The first-order valence-corrected chi connectivity index (χ1v) is 8.31. The Labute approximate surface area is 147 Å². The molecule has 1 aliphatic heterocycles. The van der Waals surface area contributed by atoms with Gasteiger partial charge in [-0.05, 0) is 12.1 Å². The van der Waals surface area contributed by atoms with Gasteiger partial charge in [-0.3, -0.25) is 4.99 Å². The second-order valence-corrected chi connectivity index (χ2v) is 5.71. The number of nitrogens with one attached hydrogen (secondary N) is 1. The van der Waals surface area contributed by atoms with Crippen LogP contribution in [0, 0.1) is 0 Å². The number of methoxy groups -OCH3 is 1. The highest BCUT2D eigenvalue weighted by Crippen LogP contribution is 2.16. The first kappa shape index (κ1) is 17.0. The lowest BCUT2D eigenvalue weighted by Crippen LogP contribution is -2.40. The average molecular weight is 341 g/mol. The lowest BCUT2D eigenvalue weighted by atomic mass is 10.3. The van der Waals surface area contributed by atoms with Gasteiger partial charge in [-0.1, -0.05) is 12.1 Å². The van der Waals surface area contributed by atoms with Crippen molar-refractivity contribution < 1.29 is 9.47 Å². The van der Waals surface area contributed by atoms with Gasteiger partial charge < -0.3 is 19.7 Å². The van der Waals surface area contributed by atoms with Gasteiger partial charge in [-0.2, -0.15) is 0 Å². The van der Waals surface area contributed by atoms with Crippen LogP contribution in [0.2, 0.25) is 0 Å². The van der Waals surface area contributed by atoms with Crippen molar-refractivity contribution in [3.8, 4) is 11.8 Å². The van der Waals surface area contributed by atoms with Crippen LogP contribution >= 0.6 is 0 Å². The molecule has 1 atom stereocenters. The summed E-state index contributed by atoms with van der Waals surface area (Å²) < 4.78 is 11.1. The molecule has 0 spiro atoms. The Kier molecular flexibility index (Phi) is 5.66. The Balaban J connectivity index is 1.53. The first-order chi connectivity index (χ1) is 12.3. The maximum Gasteiger partial charge on any atom is 0.213 e. The van der Waals surface area contributed by atoms with Gasteiger partial charge in [0.1, 0.15) is 6.10 Å². The van der Waals surface area contributed by atoms with Gasteiger partial charge in [0, 0.05) is 38.3 Å². The molecule has 3 rings (SSSR count). The molecule has 7 heteroatoms. The Morgan fingerprint density at radius 3 is 2.92 bits per heavy atom. The monoisotopic (exact) mass is 341 g/mol. The summed E-state index contributed by atoms with van der Waals surface area (Å²) in [5, 5.41) is 3.35. The number of aromatic nitrogens is 2. The average Bonchev–Trinajstić information content (AvgIpc) is 3.11. The Morgan fingerprint density at radius 1 is 1.28 bits per heavy atom. The second-order valence-electron chi connectivity index (χ2n) is 5.71. The zero-order chi connectivity index (χ0) is 17.5. The van der Waals surface area contributed by atoms with E-state index in [0.29, 0.717) is 18.3 Å². The molecule has 132 valence electrons. The highest BCUT2D eigenvalue weighted by molar-refractivity contribution is 5.80. The predicted octanol–water partition coefficient (Wildman–Crippen LogP) is 1.71. The number of rotatable bonds is 5. The largest absolute Gasteiger partial charge is 0.481 e. The summed E-state index contributed by atoms with van der Waals surface area (Å²) in [6.07, 6.45) is 2.79. The van der Waals surface area contributed by atoms with Gasteiger partial charge in [0.15, 0.2) is 5.96 Å². The molecular weight excluding hydrogens is 318 g/mol. The van der Waals surface area contributed by atoms with Crippen LogP contribution in [-0.2, 0) is 6.54 Å². The van der Waals surface area contributed by atoms with Gasteiger partial charge >= 0.3 is 0 Å². The fourth-order valence-electron chi connectivity index (χ4n) is 2.78. The SMILES string of the molecule is CN=C(NCc1cccc(OC)n1)N1CCC(Oc2ccccn2)C1. The number of hydrogen-bond donors (Lipinski definition) is 1.